The fraction of sp³-hybridized carbons (Fsp3) is 0.909. The second kappa shape index (κ2) is 5.24. The lowest BCUT2D eigenvalue weighted by atomic mass is 9.92. The van der Waals surface area contributed by atoms with E-state index in [1.165, 1.54) is 19.4 Å². The summed E-state index contributed by atoms with van der Waals surface area (Å²) in [6.07, 6.45) is 4.44. The van der Waals surface area contributed by atoms with Crippen molar-refractivity contribution in [3.8, 4) is 6.07 Å². The standard InChI is InChI=1S/C11H20N2/c1-10-6-5-9-13(11(10)2)8-4-3-7-12/h10-11H,3-6,8-9H2,1-2H3. The van der Waals surface area contributed by atoms with Crippen LogP contribution < -0.4 is 0 Å². The van der Waals surface area contributed by atoms with Crippen LogP contribution in [0.4, 0.5) is 0 Å². The third kappa shape index (κ3) is 3.00. The van der Waals surface area contributed by atoms with Gasteiger partial charge in [-0.05, 0) is 45.2 Å². The molecule has 0 amide bonds. The van der Waals surface area contributed by atoms with Crippen molar-refractivity contribution < 1.29 is 0 Å². The lowest BCUT2D eigenvalue weighted by molar-refractivity contribution is 0.113. The summed E-state index contributed by atoms with van der Waals surface area (Å²) in [5.41, 5.74) is 0. The second-order valence-electron chi connectivity index (χ2n) is 4.16. The van der Waals surface area contributed by atoms with Crippen molar-refractivity contribution >= 4 is 0 Å². The average molecular weight is 180 g/mol. The topological polar surface area (TPSA) is 27.0 Å². The zero-order valence-corrected chi connectivity index (χ0v) is 8.79. The quantitative estimate of drug-likeness (QED) is 0.624. The van der Waals surface area contributed by atoms with E-state index in [2.05, 4.69) is 24.8 Å². The molecular weight excluding hydrogens is 160 g/mol. The number of hydrogen-bond donors (Lipinski definition) is 0. The first-order valence-electron chi connectivity index (χ1n) is 5.36. The van der Waals surface area contributed by atoms with E-state index < -0.39 is 0 Å². The number of piperidine rings is 1. The first-order valence-corrected chi connectivity index (χ1v) is 5.36. The van der Waals surface area contributed by atoms with Crippen LogP contribution in [0.25, 0.3) is 0 Å². The number of likely N-dealkylation sites (tertiary alicyclic amines) is 1. The average Bonchev–Trinajstić information content (AvgIpc) is 2.13. The van der Waals surface area contributed by atoms with E-state index in [-0.39, 0.29) is 0 Å². The molecule has 2 atom stereocenters. The van der Waals surface area contributed by atoms with E-state index >= 15 is 0 Å². The van der Waals surface area contributed by atoms with Crippen molar-refractivity contribution in [2.24, 2.45) is 5.92 Å². The zero-order chi connectivity index (χ0) is 9.68. The van der Waals surface area contributed by atoms with Gasteiger partial charge in [0.15, 0.2) is 0 Å². The van der Waals surface area contributed by atoms with Gasteiger partial charge in [-0.25, -0.2) is 0 Å². The van der Waals surface area contributed by atoms with Crippen LogP contribution >= 0.6 is 0 Å². The Balaban J connectivity index is 2.27. The number of nitrogens with zero attached hydrogens (tertiary/aromatic N) is 2. The molecule has 1 aliphatic rings. The molecule has 0 saturated carbocycles. The predicted molar refractivity (Wildman–Crippen MR) is 54.3 cm³/mol. The van der Waals surface area contributed by atoms with Crippen LogP contribution in [0.2, 0.25) is 0 Å². The molecule has 1 saturated heterocycles. The van der Waals surface area contributed by atoms with Gasteiger partial charge in [-0.1, -0.05) is 6.92 Å². The van der Waals surface area contributed by atoms with Crippen molar-refractivity contribution in [3.05, 3.63) is 0 Å². The summed E-state index contributed by atoms with van der Waals surface area (Å²) in [4.78, 5) is 2.53. The van der Waals surface area contributed by atoms with Gasteiger partial charge in [-0.2, -0.15) is 5.26 Å². The van der Waals surface area contributed by atoms with Crippen LogP contribution in [0.1, 0.15) is 39.5 Å². The summed E-state index contributed by atoms with van der Waals surface area (Å²) in [6.45, 7) is 6.99. The summed E-state index contributed by atoms with van der Waals surface area (Å²) < 4.78 is 0. The molecule has 13 heavy (non-hydrogen) atoms. The highest BCUT2D eigenvalue weighted by molar-refractivity contribution is 4.79. The molecule has 2 heteroatoms. The highest BCUT2D eigenvalue weighted by Gasteiger charge is 2.23. The fourth-order valence-corrected chi connectivity index (χ4v) is 2.10. The molecule has 2 nitrogen and oxygen atoms in total. The van der Waals surface area contributed by atoms with Gasteiger partial charge in [0.05, 0.1) is 6.07 Å². The maximum Gasteiger partial charge on any atom is 0.0622 e. The summed E-state index contributed by atoms with van der Waals surface area (Å²) in [7, 11) is 0. The van der Waals surface area contributed by atoms with Crippen molar-refractivity contribution in [3.63, 3.8) is 0 Å². The van der Waals surface area contributed by atoms with E-state index in [0.29, 0.717) is 12.5 Å². The van der Waals surface area contributed by atoms with Gasteiger partial charge in [-0.15, -0.1) is 0 Å². The number of unbranched alkanes of at least 4 members (excludes halogenated alkanes) is 1. The molecule has 0 aromatic heterocycles. The highest BCUT2D eigenvalue weighted by atomic mass is 15.2. The van der Waals surface area contributed by atoms with Crippen LogP contribution in [0.3, 0.4) is 0 Å². The van der Waals surface area contributed by atoms with Crippen LogP contribution in [0, 0.1) is 17.2 Å². The molecule has 0 bridgehead atoms. The van der Waals surface area contributed by atoms with Gasteiger partial charge in [-0.3, -0.25) is 0 Å². The first-order chi connectivity index (χ1) is 6.25. The molecule has 0 N–H and O–H groups in total. The van der Waals surface area contributed by atoms with Gasteiger partial charge in [0, 0.05) is 12.5 Å². The molecule has 1 fully saturated rings. The van der Waals surface area contributed by atoms with Gasteiger partial charge in [0.25, 0.3) is 0 Å². The Bertz CT molecular complexity index is 183. The summed E-state index contributed by atoms with van der Waals surface area (Å²) in [5.74, 6) is 0.829. The van der Waals surface area contributed by atoms with Crippen LogP contribution in [0.5, 0.6) is 0 Å². The Labute approximate surface area is 81.5 Å². The van der Waals surface area contributed by atoms with Crippen LogP contribution in [-0.2, 0) is 0 Å². The highest BCUT2D eigenvalue weighted by Crippen LogP contribution is 2.22. The second-order valence-corrected chi connectivity index (χ2v) is 4.16. The number of rotatable bonds is 3. The number of nitriles is 1. The Morgan fingerprint density at radius 2 is 2.23 bits per heavy atom. The largest absolute Gasteiger partial charge is 0.300 e. The van der Waals surface area contributed by atoms with Gasteiger partial charge >= 0.3 is 0 Å². The van der Waals surface area contributed by atoms with E-state index in [4.69, 9.17) is 5.26 Å². The molecule has 1 rings (SSSR count). The van der Waals surface area contributed by atoms with Gasteiger partial charge in [0.1, 0.15) is 0 Å². The van der Waals surface area contributed by atoms with Gasteiger partial charge in [0.2, 0.25) is 0 Å². The molecular formula is C11H20N2. The Morgan fingerprint density at radius 3 is 2.92 bits per heavy atom. The molecule has 0 aromatic rings. The Morgan fingerprint density at radius 1 is 1.46 bits per heavy atom. The molecule has 0 aliphatic carbocycles. The molecule has 0 aromatic carbocycles. The van der Waals surface area contributed by atoms with Crippen LogP contribution in [-0.4, -0.2) is 24.0 Å². The monoisotopic (exact) mass is 180 g/mol. The maximum atomic E-state index is 8.45. The van der Waals surface area contributed by atoms with Crippen molar-refractivity contribution in [2.45, 2.75) is 45.6 Å². The Hall–Kier alpha value is -0.550. The molecule has 74 valence electrons. The lowest BCUT2D eigenvalue weighted by Crippen LogP contribution is -2.42. The zero-order valence-electron chi connectivity index (χ0n) is 8.79. The third-order valence-corrected chi connectivity index (χ3v) is 3.24. The smallest absolute Gasteiger partial charge is 0.0622 e. The minimum absolute atomic E-state index is 0.706. The summed E-state index contributed by atoms with van der Waals surface area (Å²) >= 11 is 0. The SMILES string of the molecule is CC1CCCN(CCCC#N)C1C. The van der Waals surface area contributed by atoms with Crippen molar-refractivity contribution in [1.82, 2.24) is 4.90 Å². The predicted octanol–water partition coefficient (Wildman–Crippen LogP) is 2.41. The Kier molecular flexibility index (Phi) is 4.24. The minimum Gasteiger partial charge on any atom is -0.300 e. The lowest BCUT2D eigenvalue weighted by Gasteiger charge is -2.37. The molecule has 1 aliphatic heterocycles. The summed E-state index contributed by atoms with van der Waals surface area (Å²) in [5, 5.41) is 8.45. The van der Waals surface area contributed by atoms with E-state index in [0.717, 1.165) is 18.9 Å². The fourth-order valence-electron chi connectivity index (χ4n) is 2.10. The van der Waals surface area contributed by atoms with Gasteiger partial charge < -0.3 is 4.90 Å². The van der Waals surface area contributed by atoms with Crippen molar-refractivity contribution in [1.29, 1.82) is 5.26 Å². The summed E-state index contributed by atoms with van der Waals surface area (Å²) in [6, 6.07) is 2.92. The van der Waals surface area contributed by atoms with E-state index in [9.17, 15) is 0 Å². The van der Waals surface area contributed by atoms with E-state index in [1.807, 2.05) is 0 Å². The molecule has 0 radical (unpaired) electrons. The normalized spacial score (nSPS) is 29.9. The first kappa shape index (κ1) is 10.5. The molecule has 0 spiro atoms. The van der Waals surface area contributed by atoms with E-state index in [1.54, 1.807) is 0 Å². The molecule has 2 unspecified atom stereocenters. The van der Waals surface area contributed by atoms with Crippen molar-refractivity contribution in [2.75, 3.05) is 13.1 Å². The van der Waals surface area contributed by atoms with Crippen LogP contribution in [0.15, 0.2) is 0 Å². The maximum absolute atomic E-state index is 8.45. The molecule has 1 heterocycles. The minimum atomic E-state index is 0.706. The number of hydrogen-bond acceptors (Lipinski definition) is 2. The third-order valence-electron chi connectivity index (χ3n) is 3.24.